The number of piperidine rings is 1. The van der Waals surface area contributed by atoms with E-state index in [4.69, 9.17) is 5.73 Å². The normalized spacial score (nSPS) is 48.0. The van der Waals surface area contributed by atoms with Gasteiger partial charge in [0.25, 0.3) is 0 Å². The minimum absolute atomic E-state index is 0.462. The summed E-state index contributed by atoms with van der Waals surface area (Å²) in [5.41, 5.74) is 7.08. The van der Waals surface area contributed by atoms with Gasteiger partial charge in [0.15, 0.2) is 0 Å². The topological polar surface area (TPSA) is 29.3 Å². The molecule has 2 nitrogen and oxygen atoms in total. The van der Waals surface area contributed by atoms with Crippen molar-refractivity contribution in [2.75, 3.05) is 0 Å². The lowest BCUT2D eigenvalue weighted by molar-refractivity contribution is -0.242. The Kier molecular flexibility index (Phi) is 3.22. The maximum Gasteiger partial charge on any atom is 0.0324 e. The molecule has 2 N–H and O–H groups in total. The summed E-state index contributed by atoms with van der Waals surface area (Å²) in [4.78, 5) is 2.86. The van der Waals surface area contributed by atoms with Crippen molar-refractivity contribution >= 4 is 0 Å². The summed E-state index contributed by atoms with van der Waals surface area (Å²) < 4.78 is 0. The van der Waals surface area contributed by atoms with Crippen molar-refractivity contribution in [2.24, 2.45) is 17.1 Å². The average Bonchev–Trinajstić information content (AvgIpc) is 2.63. The standard InChI is InChI=1S/C16H30N2/c1-4-6-7-12(5-2)18-14-11(3)10-16(14)9-8-13(17)15(16)18/h11-15H,4-10,17H2,1-3H3. The van der Waals surface area contributed by atoms with Gasteiger partial charge in [-0.2, -0.15) is 0 Å². The molecule has 2 aliphatic carbocycles. The Bertz CT molecular complexity index is 312. The zero-order valence-corrected chi connectivity index (χ0v) is 12.4. The number of nitrogens with two attached hydrogens (primary N) is 1. The molecule has 0 amide bonds. The van der Waals surface area contributed by atoms with E-state index in [9.17, 15) is 0 Å². The van der Waals surface area contributed by atoms with Crippen LogP contribution in [-0.2, 0) is 0 Å². The molecule has 3 aliphatic rings. The number of nitrogens with zero attached hydrogens (tertiary/aromatic N) is 1. The molecule has 0 bridgehead atoms. The van der Waals surface area contributed by atoms with E-state index in [0.717, 1.165) is 24.0 Å². The molecular formula is C16H30N2. The number of unbranched alkanes of at least 4 members (excludes halogenated alkanes) is 1. The first-order chi connectivity index (χ1) is 8.65. The third-order valence-electron chi connectivity index (χ3n) is 6.19. The maximum absolute atomic E-state index is 6.42. The van der Waals surface area contributed by atoms with Crippen molar-refractivity contribution in [1.29, 1.82) is 0 Å². The van der Waals surface area contributed by atoms with Crippen LogP contribution in [0, 0.1) is 11.3 Å². The Labute approximate surface area is 112 Å². The summed E-state index contributed by atoms with van der Waals surface area (Å²) in [7, 11) is 0. The lowest BCUT2D eigenvalue weighted by Gasteiger charge is -2.74. The third-order valence-corrected chi connectivity index (χ3v) is 6.19. The average molecular weight is 250 g/mol. The molecule has 0 aromatic carbocycles. The van der Waals surface area contributed by atoms with Crippen molar-refractivity contribution in [1.82, 2.24) is 4.90 Å². The Morgan fingerprint density at radius 2 is 2.11 bits per heavy atom. The highest BCUT2D eigenvalue weighted by Gasteiger charge is 2.72. The molecule has 1 heterocycles. The van der Waals surface area contributed by atoms with Gasteiger partial charge in [0, 0.05) is 29.6 Å². The van der Waals surface area contributed by atoms with Crippen molar-refractivity contribution < 1.29 is 0 Å². The minimum atomic E-state index is 0.462. The monoisotopic (exact) mass is 250 g/mol. The molecule has 2 heteroatoms. The molecule has 3 fully saturated rings. The third kappa shape index (κ3) is 1.48. The van der Waals surface area contributed by atoms with E-state index < -0.39 is 0 Å². The van der Waals surface area contributed by atoms with E-state index >= 15 is 0 Å². The lowest BCUT2D eigenvalue weighted by atomic mass is 9.48. The second kappa shape index (κ2) is 4.49. The summed E-state index contributed by atoms with van der Waals surface area (Å²) >= 11 is 0. The predicted molar refractivity (Wildman–Crippen MR) is 76.4 cm³/mol. The van der Waals surface area contributed by atoms with Crippen LogP contribution >= 0.6 is 0 Å². The van der Waals surface area contributed by atoms with Gasteiger partial charge in [-0.15, -0.1) is 0 Å². The number of rotatable bonds is 5. The first-order valence-electron chi connectivity index (χ1n) is 8.18. The zero-order valence-electron chi connectivity index (χ0n) is 12.4. The molecule has 6 atom stereocenters. The van der Waals surface area contributed by atoms with E-state index in [0.29, 0.717) is 11.5 Å². The van der Waals surface area contributed by atoms with Gasteiger partial charge in [0.1, 0.15) is 0 Å². The van der Waals surface area contributed by atoms with Crippen LogP contribution in [0.4, 0.5) is 0 Å². The SMILES string of the molecule is CCCCC(CC)N1C2C(C)CC23CCC(N)C13. The van der Waals surface area contributed by atoms with Gasteiger partial charge in [-0.1, -0.05) is 33.6 Å². The van der Waals surface area contributed by atoms with Gasteiger partial charge >= 0.3 is 0 Å². The second-order valence-electron chi connectivity index (χ2n) is 7.16. The molecule has 0 radical (unpaired) electrons. The van der Waals surface area contributed by atoms with E-state index in [-0.39, 0.29) is 0 Å². The Morgan fingerprint density at radius 1 is 1.33 bits per heavy atom. The van der Waals surface area contributed by atoms with Crippen LogP contribution < -0.4 is 5.73 Å². The molecule has 6 unspecified atom stereocenters. The molecule has 3 rings (SSSR count). The van der Waals surface area contributed by atoms with Crippen molar-refractivity contribution in [3.63, 3.8) is 0 Å². The van der Waals surface area contributed by atoms with Crippen LogP contribution in [-0.4, -0.2) is 29.1 Å². The molecule has 0 aromatic rings. The van der Waals surface area contributed by atoms with Crippen LogP contribution in [0.5, 0.6) is 0 Å². The maximum atomic E-state index is 6.42. The van der Waals surface area contributed by atoms with E-state index in [1.807, 2.05) is 0 Å². The van der Waals surface area contributed by atoms with Gasteiger partial charge in [-0.25, -0.2) is 0 Å². The molecule has 104 valence electrons. The first-order valence-corrected chi connectivity index (χ1v) is 8.18. The molecule has 1 aliphatic heterocycles. The summed E-state index contributed by atoms with van der Waals surface area (Å²) in [5.74, 6) is 0.919. The fraction of sp³-hybridized carbons (Fsp3) is 1.00. The van der Waals surface area contributed by atoms with Crippen LogP contribution in [0.1, 0.15) is 65.7 Å². The summed E-state index contributed by atoms with van der Waals surface area (Å²) in [6.45, 7) is 7.13. The summed E-state index contributed by atoms with van der Waals surface area (Å²) in [6.07, 6.45) is 9.54. The van der Waals surface area contributed by atoms with Gasteiger partial charge in [-0.3, -0.25) is 4.90 Å². The molecule has 1 spiro atoms. The highest BCUT2D eigenvalue weighted by molar-refractivity contribution is 5.26. The van der Waals surface area contributed by atoms with E-state index in [1.165, 1.54) is 44.9 Å². The second-order valence-corrected chi connectivity index (χ2v) is 7.16. The smallest absolute Gasteiger partial charge is 0.0324 e. The minimum Gasteiger partial charge on any atom is -0.326 e. The highest BCUT2D eigenvalue weighted by Crippen LogP contribution is 2.68. The van der Waals surface area contributed by atoms with Gasteiger partial charge in [-0.05, 0) is 38.0 Å². The Hall–Kier alpha value is -0.0800. The quantitative estimate of drug-likeness (QED) is 0.812. The van der Waals surface area contributed by atoms with Crippen molar-refractivity contribution in [3.8, 4) is 0 Å². The van der Waals surface area contributed by atoms with Crippen LogP contribution in [0.2, 0.25) is 0 Å². The first kappa shape index (κ1) is 12.9. The van der Waals surface area contributed by atoms with Crippen LogP contribution in [0.15, 0.2) is 0 Å². The fourth-order valence-corrected chi connectivity index (χ4v) is 5.61. The van der Waals surface area contributed by atoms with Crippen LogP contribution in [0.25, 0.3) is 0 Å². The predicted octanol–water partition coefficient (Wildman–Crippen LogP) is 3.16. The number of hydrogen-bond donors (Lipinski definition) is 1. The van der Waals surface area contributed by atoms with Gasteiger partial charge < -0.3 is 5.73 Å². The van der Waals surface area contributed by atoms with E-state index in [2.05, 4.69) is 25.7 Å². The van der Waals surface area contributed by atoms with Gasteiger partial charge in [0.05, 0.1) is 0 Å². The molecule has 0 aromatic heterocycles. The largest absolute Gasteiger partial charge is 0.326 e. The van der Waals surface area contributed by atoms with Crippen LogP contribution in [0.3, 0.4) is 0 Å². The Balaban J connectivity index is 1.75. The van der Waals surface area contributed by atoms with E-state index in [1.54, 1.807) is 0 Å². The molecule has 18 heavy (non-hydrogen) atoms. The van der Waals surface area contributed by atoms with Gasteiger partial charge in [0.2, 0.25) is 0 Å². The molecular weight excluding hydrogens is 220 g/mol. The summed E-state index contributed by atoms with van der Waals surface area (Å²) in [5, 5.41) is 0. The lowest BCUT2D eigenvalue weighted by Crippen LogP contribution is -2.82. The van der Waals surface area contributed by atoms with Crippen molar-refractivity contribution in [3.05, 3.63) is 0 Å². The summed E-state index contributed by atoms with van der Waals surface area (Å²) in [6, 6.07) is 2.89. The number of hydrogen-bond acceptors (Lipinski definition) is 2. The highest BCUT2D eigenvalue weighted by atomic mass is 15.4. The zero-order chi connectivity index (χ0) is 12.9. The molecule has 1 saturated heterocycles. The Morgan fingerprint density at radius 3 is 2.72 bits per heavy atom. The number of likely N-dealkylation sites (tertiary alicyclic amines) is 1. The fourth-order valence-electron chi connectivity index (χ4n) is 5.61. The van der Waals surface area contributed by atoms with Crippen molar-refractivity contribution in [2.45, 2.75) is 89.9 Å². The molecule has 2 saturated carbocycles.